The average molecular weight is 488 g/mol. The van der Waals surface area contributed by atoms with Crippen LogP contribution >= 0.6 is 0 Å². The molecule has 8 nitrogen and oxygen atoms in total. The quantitative estimate of drug-likeness (QED) is 0.527. The van der Waals surface area contributed by atoms with Crippen molar-refractivity contribution in [3.63, 3.8) is 0 Å². The summed E-state index contributed by atoms with van der Waals surface area (Å²) in [4.78, 5) is 40.5. The molecule has 0 spiro atoms. The predicted octanol–water partition coefficient (Wildman–Crippen LogP) is 3.76. The van der Waals surface area contributed by atoms with Crippen LogP contribution in [0.4, 0.5) is 4.79 Å². The summed E-state index contributed by atoms with van der Waals surface area (Å²) in [6.07, 6.45) is 9.90. The topological polar surface area (TPSA) is 88.2 Å². The highest BCUT2D eigenvalue weighted by Crippen LogP contribution is 2.28. The molecule has 8 heteroatoms. The Bertz CT molecular complexity index is 902. The van der Waals surface area contributed by atoms with E-state index in [1.807, 2.05) is 24.0 Å². The SMILES string of the molecule is C/C=C(\C=C(/CC)C1=CC=C(C(=O)N2CCOCC2)CC1)CN(C)C(=O)CNC(=O)OC(C)(C)C. The van der Waals surface area contributed by atoms with Crippen LogP contribution in [0, 0.1) is 0 Å². The van der Waals surface area contributed by atoms with E-state index < -0.39 is 11.7 Å². The fourth-order valence-electron chi connectivity index (χ4n) is 3.88. The molecule has 0 aromatic rings. The lowest BCUT2D eigenvalue weighted by Crippen LogP contribution is -2.41. The number of likely N-dealkylation sites (N-methyl/N-ethyl adjacent to an activating group) is 1. The van der Waals surface area contributed by atoms with Gasteiger partial charge in [-0.3, -0.25) is 9.59 Å². The van der Waals surface area contributed by atoms with Gasteiger partial charge in [-0.15, -0.1) is 0 Å². The highest BCUT2D eigenvalue weighted by atomic mass is 16.6. The Morgan fingerprint density at radius 1 is 1.14 bits per heavy atom. The Hall–Kier alpha value is -2.87. The van der Waals surface area contributed by atoms with E-state index in [2.05, 4.69) is 24.4 Å². The number of hydrogen-bond acceptors (Lipinski definition) is 5. The number of nitrogens with zero attached hydrogens (tertiary/aromatic N) is 2. The predicted molar refractivity (Wildman–Crippen MR) is 137 cm³/mol. The van der Waals surface area contributed by atoms with Crippen molar-refractivity contribution >= 4 is 17.9 Å². The lowest BCUT2D eigenvalue weighted by atomic mass is 9.90. The fraction of sp³-hybridized carbons (Fsp3) is 0.593. The van der Waals surface area contributed by atoms with Gasteiger partial charge in [0.1, 0.15) is 12.1 Å². The van der Waals surface area contributed by atoms with Crippen LogP contribution in [-0.2, 0) is 19.1 Å². The highest BCUT2D eigenvalue weighted by molar-refractivity contribution is 5.94. The van der Waals surface area contributed by atoms with Gasteiger partial charge in [-0.25, -0.2) is 4.79 Å². The number of morpholine rings is 1. The molecule has 2 aliphatic rings. The Balaban J connectivity index is 1.98. The largest absolute Gasteiger partial charge is 0.444 e. The first-order valence-corrected chi connectivity index (χ1v) is 12.4. The number of ether oxygens (including phenoxy) is 2. The second-order valence-corrected chi connectivity index (χ2v) is 9.78. The monoisotopic (exact) mass is 487 g/mol. The summed E-state index contributed by atoms with van der Waals surface area (Å²) < 4.78 is 10.5. The van der Waals surface area contributed by atoms with Gasteiger partial charge in [-0.2, -0.15) is 0 Å². The zero-order valence-corrected chi connectivity index (χ0v) is 22.1. The van der Waals surface area contributed by atoms with Crippen molar-refractivity contribution in [3.8, 4) is 0 Å². The molecule has 1 aliphatic heterocycles. The number of carbonyl (C=O) groups is 3. The van der Waals surface area contributed by atoms with E-state index in [0.29, 0.717) is 32.8 Å². The molecule has 194 valence electrons. The molecule has 0 radical (unpaired) electrons. The zero-order chi connectivity index (χ0) is 26.0. The minimum atomic E-state index is -0.613. The lowest BCUT2D eigenvalue weighted by molar-refractivity contribution is -0.131. The van der Waals surface area contributed by atoms with Crippen molar-refractivity contribution in [2.24, 2.45) is 0 Å². The maximum atomic E-state index is 12.7. The highest BCUT2D eigenvalue weighted by Gasteiger charge is 2.22. The normalized spacial score (nSPS) is 17.4. The van der Waals surface area contributed by atoms with Gasteiger partial charge in [-0.1, -0.05) is 31.2 Å². The van der Waals surface area contributed by atoms with Crippen LogP contribution < -0.4 is 5.32 Å². The van der Waals surface area contributed by atoms with E-state index in [-0.39, 0.29) is 18.4 Å². The van der Waals surface area contributed by atoms with Crippen LogP contribution in [0.15, 0.2) is 46.6 Å². The molecule has 1 heterocycles. The Morgan fingerprint density at radius 2 is 1.77 bits per heavy atom. The van der Waals surface area contributed by atoms with Crippen LogP contribution in [0.2, 0.25) is 0 Å². The van der Waals surface area contributed by atoms with Crippen LogP contribution in [0.5, 0.6) is 0 Å². The van der Waals surface area contributed by atoms with E-state index in [4.69, 9.17) is 9.47 Å². The molecule has 0 aromatic heterocycles. The van der Waals surface area contributed by atoms with Crippen LogP contribution in [0.25, 0.3) is 0 Å². The number of amides is 3. The number of alkyl carbamates (subject to hydrolysis) is 1. The molecule has 0 bridgehead atoms. The number of hydrogen-bond donors (Lipinski definition) is 1. The summed E-state index contributed by atoms with van der Waals surface area (Å²) >= 11 is 0. The summed E-state index contributed by atoms with van der Waals surface area (Å²) in [6.45, 7) is 12.2. The minimum Gasteiger partial charge on any atom is -0.444 e. The van der Waals surface area contributed by atoms with Crippen molar-refractivity contribution in [2.75, 3.05) is 46.4 Å². The van der Waals surface area contributed by atoms with Crippen molar-refractivity contribution < 1.29 is 23.9 Å². The van der Waals surface area contributed by atoms with Crippen molar-refractivity contribution in [1.29, 1.82) is 0 Å². The van der Waals surface area contributed by atoms with Crippen LogP contribution in [0.1, 0.15) is 53.9 Å². The molecule has 1 saturated heterocycles. The van der Waals surface area contributed by atoms with Gasteiger partial charge in [0.15, 0.2) is 0 Å². The van der Waals surface area contributed by atoms with E-state index in [9.17, 15) is 14.4 Å². The maximum absolute atomic E-state index is 12.7. The van der Waals surface area contributed by atoms with Crippen LogP contribution in [-0.4, -0.2) is 79.7 Å². The van der Waals surface area contributed by atoms with Crippen molar-refractivity contribution in [3.05, 3.63) is 46.6 Å². The molecule has 0 saturated carbocycles. The summed E-state index contributed by atoms with van der Waals surface area (Å²) in [6, 6.07) is 0. The summed E-state index contributed by atoms with van der Waals surface area (Å²) in [5.41, 5.74) is 3.65. The van der Waals surface area contributed by atoms with Gasteiger partial charge >= 0.3 is 6.09 Å². The second-order valence-electron chi connectivity index (χ2n) is 9.78. The third-order valence-corrected chi connectivity index (χ3v) is 5.87. The number of rotatable bonds is 8. The second kappa shape index (κ2) is 13.3. The first-order valence-electron chi connectivity index (χ1n) is 12.4. The fourth-order valence-corrected chi connectivity index (χ4v) is 3.88. The van der Waals surface area contributed by atoms with Crippen molar-refractivity contribution in [1.82, 2.24) is 15.1 Å². The number of nitrogens with one attached hydrogen (secondary N) is 1. The lowest BCUT2D eigenvalue weighted by Gasteiger charge is -2.28. The third-order valence-electron chi connectivity index (χ3n) is 5.87. The molecule has 0 aromatic carbocycles. The van der Waals surface area contributed by atoms with Gasteiger partial charge in [0.05, 0.1) is 13.2 Å². The van der Waals surface area contributed by atoms with Gasteiger partial charge in [0.2, 0.25) is 11.8 Å². The number of carbonyl (C=O) groups excluding carboxylic acids is 3. The van der Waals surface area contributed by atoms with E-state index >= 15 is 0 Å². The van der Waals surface area contributed by atoms with Gasteiger partial charge < -0.3 is 24.6 Å². The standard InChI is InChI=1S/C27H41N3O5/c1-7-20(19-29(6)24(31)18-28-26(33)35-27(3,4)5)17-21(8-2)22-9-11-23(12-10-22)25(32)30-13-15-34-16-14-30/h7,9,11,17H,8,10,12-16,18-19H2,1-6H3,(H,28,33)/b20-7+,21-17+. The average Bonchev–Trinajstić information content (AvgIpc) is 2.84. The molecule has 1 N–H and O–H groups in total. The molecule has 3 amide bonds. The van der Waals surface area contributed by atoms with E-state index in [1.54, 1.807) is 32.7 Å². The smallest absolute Gasteiger partial charge is 0.408 e. The Labute approximate surface area is 209 Å². The van der Waals surface area contributed by atoms with Gasteiger partial charge in [-0.05, 0) is 63.7 Å². The minimum absolute atomic E-state index is 0.111. The van der Waals surface area contributed by atoms with E-state index in [1.165, 1.54) is 11.1 Å². The Morgan fingerprint density at radius 3 is 2.31 bits per heavy atom. The molecular weight excluding hydrogens is 446 g/mol. The van der Waals surface area contributed by atoms with Gasteiger partial charge in [0, 0.05) is 32.3 Å². The van der Waals surface area contributed by atoms with Gasteiger partial charge in [0.25, 0.3) is 0 Å². The molecule has 1 aliphatic carbocycles. The first-order chi connectivity index (χ1) is 16.5. The molecular formula is C27H41N3O5. The molecule has 1 fully saturated rings. The third kappa shape index (κ3) is 9.36. The summed E-state index contributed by atoms with van der Waals surface area (Å²) in [7, 11) is 1.72. The maximum Gasteiger partial charge on any atom is 0.408 e. The molecule has 2 rings (SSSR count). The zero-order valence-electron chi connectivity index (χ0n) is 22.1. The van der Waals surface area contributed by atoms with Crippen LogP contribution in [0.3, 0.4) is 0 Å². The summed E-state index contributed by atoms with van der Waals surface area (Å²) in [5, 5.41) is 2.51. The summed E-state index contributed by atoms with van der Waals surface area (Å²) in [5.74, 6) is -0.0901. The first kappa shape index (κ1) is 28.4. The molecule has 0 unspecified atom stereocenters. The molecule has 35 heavy (non-hydrogen) atoms. The van der Waals surface area contributed by atoms with E-state index in [0.717, 1.165) is 30.4 Å². The van der Waals surface area contributed by atoms with Crippen molar-refractivity contribution in [2.45, 2.75) is 59.5 Å². The number of allylic oxidation sites excluding steroid dienone is 5. The molecule has 0 atom stereocenters. The Kier molecular flexibility index (Phi) is 10.8.